The quantitative estimate of drug-likeness (QED) is 0.113. The smallest absolute Gasteiger partial charge is 0.164 e. The second kappa shape index (κ2) is 31.4. The van der Waals surface area contributed by atoms with Gasteiger partial charge in [-0.15, -0.1) is 0 Å². The Hall–Kier alpha value is -18.6. The molecule has 24 aromatic carbocycles. The lowest BCUT2D eigenvalue weighted by Crippen LogP contribution is -2.28. The summed E-state index contributed by atoms with van der Waals surface area (Å²) in [4.78, 5) is 33.4. The predicted molar refractivity (Wildman–Crippen MR) is 588 cm³/mol. The minimum absolute atomic E-state index is 0.480. The van der Waals surface area contributed by atoms with E-state index < -0.39 is 21.7 Å². The lowest BCUT2D eigenvalue weighted by Gasteiger charge is -2.34. The monoisotopic (exact) mass is 1820 g/mol. The third-order valence-electron chi connectivity index (χ3n) is 32.2. The van der Waals surface area contributed by atoms with Crippen molar-refractivity contribution in [3.8, 4) is 124 Å². The molecule has 2 aromatic heterocycles. The highest BCUT2D eigenvalue weighted by atomic mass is 15.0. The van der Waals surface area contributed by atoms with E-state index in [2.05, 4.69) is 510 Å². The van der Waals surface area contributed by atoms with Gasteiger partial charge in [-0.05, 0) is 246 Å². The second-order valence-electron chi connectivity index (χ2n) is 39.1. The summed E-state index contributed by atoms with van der Waals surface area (Å²) in [6, 6.07) is 187. The molecule has 0 saturated heterocycles. The van der Waals surface area contributed by atoms with E-state index in [-0.39, 0.29) is 0 Å². The highest BCUT2D eigenvalue weighted by Crippen LogP contribution is 2.65. The Morgan fingerprint density at radius 3 is 0.569 bits per heavy atom. The van der Waals surface area contributed by atoms with Gasteiger partial charge < -0.3 is 0 Å². The van der Waals surface area contributed by atoms with Gasteiger partial charge in [0.05, 0.1) is 21.7 Å². The molecule has 0 saturated carbocycles. The van der Waals surface area contributed by atoms with Crippen LogP contribution in [0.4, 0.5) is 0 Å². The third-order valence-corrected chi connectivity index (χ3v) is 32.2. The van der Waals surface area contributed by atoms with E-state index in [4.69, 9.17) is 29.9 Å². The maximum atomic E-state index is 5.64. The maximum Gasteiger partial charge on any atom is 0.164 e. The average Bonchev–Trinajstić information content (AvgIpc) is 1.50. The molecule has 5 aliphatic carbocycles. The molecule has 0 bridgehead atoms. The predicted octanol–water partition coefficient (Wildman–Crippen LogP) is 33.0. The topological polar surface area (TPSA) is 77.3 Å². The van der Waals surface area contributed by atoms with Crippen molar-refractivity contribution in [3.63, 3.8) is 0 Å². The van der Waals surface area contributed by atoms with Crippen molar-refractivity contribution >= 4 is 64.6 Å². The van der Waals surface area contributed by atoms with E-state index in [0.29, 0.717) is 34.9 Å². The fraction of sp³-hybridized carbons (Fsp3) is 0.0290. The molecule has 0 amide bonds. The number of hydrogen-bond acceptors (Lipinski definition) is 6. The molecule has 666 valence electrons. The van der Waals surface area contributed by atoms with Crippen LogP contribution in [0.15, 0.2) is 510 Å². The van der Waals surface area contributed by atoms with Crippen LogP contribution in [0.2, 0.25) is 0 Å². The van der Waals surface area contributed by atoms with Crippen LogP contribution in [0.3, 0.4) is 0 Å². The van der Waals surface area contributed by atoms with Gasteiger partial charge >= 0.3 is 0 Å². The molecule has 2 heterocycles. The van der Waals surface area contributed by atoms with Crippen molar-refractivity contribution in [2.45, 2.75) is 21.7 Å². The van der Waals surface area contributed by atoms with E-state index in [1.54, 1.807) is 0 Å². The molecule has 0 radical (unpaired) electrons. The van der Waals surface area contributed by atoms with Gasteiger partial charge in [-0.1, -0.05) is 473 Å². The molecule has 31 rings (SSSR count). The van der Waals surface area contributed by atoms with Crippen LogP contribution < -0.4 is 0 Å². The molecule has 0 aliphatic heterocycles. The van der Waals surface area contributed by atoms with Crippen molar-refractivity contribution < 1.29 is 0 Å². The standard InChI is InChI=1S/C78H51N3.C60H33N3/c1-7-25-55(26-8-1)76(56-27-9-2-10-28-56)67-40-22-19-37-61(67)64-46-43-52(49-70(64)76)73-79-74(53-44-47-65-62-38-20-23-41-68(62)77(71(65)50-53,57-29-11-3-12-30-57)58-31-13-4-14-32-58)81-75(80-73)54-45-48-66-63-39-21-24-42-69(63)78(72(66)51-54,59-33-15-5-16-34-59)60-35-17-6-18-36-60;1-4-16-49-41(13-1)42-14-2-5-17-50(42)60(49)51-18-6-3-15-43(51)44-28-27-40(33-52(44)60)57-61-58(47-31-25-38-21-19-34-9-7-11-36-23-29-45(47)55(38)53(34)36)63-59(62-57)48-32-26-39-22-20-35-10-8-12-37-24-30-46(48)56(39)54(35)37/h1-51H;1-33H. The number of benzene rings is 24. The molecule has 0 atom stereocenters. The molecular weight excluding hydrogens is 1740 g/mol. The molecule has 6 nitrogen and oxygen atoms in total. The molecule has 0 fully saturated rings. The summed E-state index contributed by atoms with van der Waals surface area (Å²) in [5.41, 5.74) is 35.5. The summed E-state index contributed by atoms with van der Waals surface area (Å²) in [6.45, 7) is 0. The number of hydrogen-bond donors (Lipinski definition) is 0. The maximum absolute atomic E-state index is 5.64. The van der Waals surface area contributed by atoms with Crippen LogP contribution in [0, 0.1) is 0 Å². The van der Waals surface area contributed by atoms with Crippen molar-refractivity contribution in [1.82, 2.24) is 29.9 Å². The van der Waals surface area contributed by atoms with E-state index in [1.165, 1.54) is 199 Å². The second-order valence-corrected chi connectivity index (χ2v) is 39.1. The zero-order chi connectivity index (χ0) is 94.5. The van der Waals surface area contributed by atoms with Crippen LogP contribution in [0.25, 0.3) is 189 Å². The number of nitrogens with zero attached hydrogens (tertiary/aromatic N) is 6. The van der Waals surface area contributed by atoms with Gasteiger partial charge in [-0.25, -0.2) is 29.9 Å². The van der Waals surface area contributed by atoms with E-state index in [1.807, 2.05) is 0 Å². The van der Waals surface area contributed by atoms with E-state index in [0.717, 1.165) is 44.2 Å². The summed E-state index contributed by atoms with van der Waals surface area (Å²) in [7, 11) is 0. The first kappa shape index (κ1) is 81.4. The Kier molecular flexibility index (Phi) is 17.8. The Labute approximate surface area is 832 Å². The van der Waals surface area contributed by atoms with E-state index in [9.17, 15) is 0 Å². The fourth-order valence-corrected chi connectivity index (χ4v) is 26.4. The van der Waals surface area contributed by atoms with E-state index >= 15 is 0 Å². The van der Waals surface area contributed by atoms with Gasteiger partial charge in [0, 0.05) is 33.4 Å². The Bertz CT molecular complexity index is 8930. The van der Waals surface area contributed by atoms with Crippen molar-refractivity contribution in [3.05, 3.63) is 599 Å². The normalized spacial score (nSPS) is 13.9. The average molecular weight is 1830 g/mol. The molecule has 0 N–H and O–H groups in total. The van der Waals surface area contributed by atoms with Crippen LogP contribution in [0.1, 0.15) is 89.0 Å². The minimum Gasteiger partial charge on any atom is -0.208 e. The van der Waals surface area contributed by atoms with Gasteiger partial charge in [0.25, 0.3) is 0 Å². The molecule has 6 heteroatoms. The lowest BCUT2D eigenvalue weighted by atomic mass is 9.67. The first-order valence-corrected chi connectivity index (χ1v) is 49.8. The van der Waals surface area contributed by atoms with Gasteiger partial charge in [-0.3, -0.25) is 0 Å². The molecular formula is C138H84N6. The number of rotatable bonds is 12. The van der Waals surface area contributed by atoms with Crippen LogP contribution in [-0.2, 0) is 21.7 Å². The number of fused-ring (bicyclic) bond motifs is 19. The van der Waals surface area contributed by atoms with Crippen molar-refractivity contribution in [2.75, 3.05) is 0 Å². The zero-order valence-corrected chi connectivity index (χ0v) is 78.2. The largest absolute Gasteiger partial charge is 0.208 e. The van der Waals surface area contributed by atoms with Gasteiger partial charge in [0.1, 0.15) is 0 Å². The summed E-state index contributed by atoms with van der Waals surface area (Å²) in [6.07, 6.45) is 0. The zero-order valence-electron chi connectivity index (χ0n) is 78.2. The summed E-state index contributed by atoms with van der Waals surface area (Å²) in [5.74, 6) is 3.78. The molecule has 1 spiro atoms. The summed E-state index contributed by atoms with van der Waals surface area (Å²) < 4.78 is 0. The lowest BCUT2D eigenvalue weighted by molar-refractivity contribution is 0.768. The van der Waals surface area contributed by atoms with Crippen LogP contribution >= 0.6 is 0 Å². The Morgan fingerprint density at radius 1 is 0.118 bits per heavy atom. The molecule has 144 heavy (non-hydrogen) atoms. The summed E-state index contributed by atoms with van der Waals surface area (Å²) in [5, 5.41) is 14.7. The highest BCUT2D eigenvalue weighted by Gasteiger charge is 2.54. The molecule has 26 aromatic rings. The molecule has 0 unspecified atom stereocenters. The Morgan fingerprint density at radius 2 is 0.306 bits per heavy atom. The fourth-order valence-electron chi connectivity index (χ4n) is 26.4. The number of aromatic nitrogens is 6. The first-order chi connectivity index (χ1) is 71.4. The van der Waals surface area contributed by atoms with Gasteiger partial charge in [0.2, 0.25) is 0 Å². The van der Waals surface area contributed by atoms with Crippen LogP contribution in [-0.4, -0.2) is 29.9 Å². The minimum atomic E-state index is -0.608. The van der Waals surface area contributed by atoms with Gasteiger partial charge in [-0.2, -0.15) is 0 Å². The first-order valence-electron chi connectivity index (χ1n) is 49.8. The van der Waals surface area contributed by atoms with Crippen molar-refractivity contribution in [1.29, 1.82) is 0 Å². The van der Waals surface area contributed by atoms with Gasteiger partial charge in [0.15, 0.2) is 34.9 Å². The SMILES string of the molecule is c1ccc(C2(c3ccccc3)c3ccccc3-c3ccc(-c4nc(-c5ccc6c(c5)C(c5ccccc5)(c5ccccc5)c5ccccc5-6)nc(-c5ccc6c(c5)C(c5ccccc5)(c5ccccc5)c5ccccc5-6)n4)cc32)cc1.c1ccc2c(c1)-c1ccccc1C21c2ccccc2-c2ccc(-c3nc(-c4ccc5ccc6cccc7ccc4c5c67)nc(-c4ccc5ccc6cccc7ccc4c5c67)n3)cc21. The summed E-state index contributed by atoms with van der Waals surface area (Å²) >= 11 is 0. The highest BCUT2D eigenvalue weighted by molar-refractivity contribution is 6.27. The van der Waals surface area contributed by atoms with Crippen LogP contribution in [0.5, 0.6) is 0 Å². The molecule has 5 aliphatic rings. The Balaban J connectivity index is 0.000000138. The van der Waals surface area contributed by atoms with Crippen molar-refractivity contribution in [2.24, 2.45) is 0 Å². The third kappa shape index (κ3) is 11.5.